The fourth-order valence-electron chi connectivity index (χ4n) is 3.45. The Morgan fingerprint density at radius 3 is 3.00 bits per heavy atom. The van der Waals surface area contributed by atoms with E-state index in [0.717, 1.165) is 17.7 Å². The predicted molar refractivity (Wildman–Crippen MR) is 69.2 cm³/mol. The number of hydrogen-bond donors (Lipinski definition) is 1. The number of fused-ring (bicyclic) bond motifs is 1. The lowest BCUT2D eigenvalue weighted by Gasteiger charge is -2.34. The Morgan fingerprint density at radius 2 is 2.12 bits per heavy atom. The smallest absolute Gasteiger partial charge is 0.119 e. The Kier molecular flexibility index (Phi) is 3.06. The van der Waals surface area contributed by atoms with Crippen LogP contribution in [-0.2, 0) is 0 Å². The SMILES string of the molecule is COc1cccc(C2CCC3CCCC3N2)c1. The second kappa shape index (κ2) is 4.69. The van der Waals surface area contributed by atoms with Crippen LogP contribution in [0.5, 0.6) is 5.75 Å². The van der Waals surface area contributed by atoms with Crippen molar-refractivity contribution in [1.82, 2.24) is 5.32 Å². The largest absolute Gasteiger partial charge is 0.497 e. The van der Waals surface area contributed by atoms with Gasteiger partial charge in [0, 0.05) is 12.1 Å². The van der Waals surface area contributed by atoms with Crippen molar-refractivity contribution < 1.29 is 4.74 Å². The van der Waals surface area contributed by atoms with Crippen LogP contribution < -0.4 is 10.1 Å². The van der Waals surface area contributed by atoms with Gasteiger partial charge in [0.05, 0.1) is 7.11 Å². The summed E-state index contributed by atoms with van der Waals surface area (Å²) in [6.45, 7) is 0. The molecule has 2 aliphatic rings. The van der Waals surface area contributed by atoms with E-state index in [1.807, 2.05) is 6.07 Å². The maximum atomic E-state index is 5.30. The van der Waals surface area contributed by atoms with Crippen molar-refractivity contribution in [2.24, 2.45) is 5.92 Å². The fraction of sp³-hybridized carbons (Fsp3) is 0.600. The Morgan fingerprint density at radius 1 is 1.18 bits per heavy atom. The average molecular weight is 231 g/mol. The zero-order valence-corrected chi connectivity index (χ0v) is 10.5. The van der Waals surface area contributed by atoms with Gasteiger partial charge >= 0.3 is 0 Å². The van der Waals surface area contributed by atoms with Gasteiger partial charge in [-0.3, -0.25) is 0 Å². The number of ether oxygens (including phenoxy) is 1. The number of rotatable bonds is 2. The summed E-state index contributed by atoms with van der Waals surface area (Å²) in [6.07, 6.45) is 6.87. The minimum atomic E-state index is 0.532. The molecule has 1 N–H and O–H groups in total. The van der Waals surface area contributed by atoms with Gasteiger partial charge in [-0.05, 0) is 49.3 Å². The number of hydrogen-bond acceptors (Lipinski definition) is 2. The van der Waals surface area contributed by atoms with Gasteiger partial charge in [-0.25, -0.2) is 0 Å². The summed E-state index contributed by atoms with van der Waals surface area (Å²) in [5.41, 5.74) is 1.38. The van der Waals surface area contributed by atoms with Crippen LogP contribution in [0.1, 0.15) is 43.7 Å². The summed E-state index contributed by atoms with van der Waals surface area (Å²) in [7, 11) is 1.74. The van der Waals surface area contributed by atoms with Crippen molar-refractivity contribution in [2.45, 2.75) is 44.2 Å². The lowest BCUT2D eigenvalue weighted by Crippen LogP contribution is -2.40. The molecule has 3 atom stereocenters. The first-order valence-electron chi connectivity index (χ1n) is 6.77. The molecule has 1 saturated carbocycles. The van der Waals surface area contributed by atoms with E-state index >= 15 is 0 Å². The van der Waals surface area contributed by atoms with Crippen LogP contribution in [0.3, 0.4) is 0 Å². The molecule has 92 valence electrons. The van der Waals surface area contributed by atoms with Crippen molar-refractivity contribution in [2.75, 3.05) is 7.11 Å². The highest BCUT2D eigenvalue weighted by molar-refractivity contribution is 5.31. The average Bonchev–Trinajstić information content (AvgIpc) is 2.86. The lowest BCUT2D eigenvalue weighted by atomic mass is 9.87. The van der Waals surface area contributed by atoms with Gasteiger partial charge in [-0.2, -0.15) is 0 Å². The van der Waals surface area contributed by atoms with E-state index in [0.29, 0.717) is 6.04 Å². The van der Waals surface area contributed by atoms with Crippen LogP contribution in [0.2, 0.25) is 0 Å². The Balaban J connectivity index is 1.75. The van der Waals surface area contributed by atoms with Crippen molar-refractivity contribution in [3.8, 4) is 5.75 Å². The van der Waals surface area contributed by atoms with E-state index in [4.69, 9.17) is 4.74 Å². The third-order valence-electron chi connectivity index (χ3n) is 4.40. The molecule has 1 aliphatic heterocycles. The molecule has 2 heteroatoms. The molecule has 17 heavy (non-hydrogen) atoms. The molecule has 3 unspecified atom stereocenters. The van der Waals surface area contributed by atoms with E-state index in [1.54, 1.807) is 7.11 Å². The molecule has 1 heterocycles. The van der Waals surface area contributed by atoms with E-state index < -0.39 is 0 Å². The number of nitrogens with one attached hydrogen (secondary N) is 1. The van der Waals surface area contributed by atoms with Crippen molar-refractivity contribution in [1.29, 1.82) is 0 Å². The van der Waals surface area contributed by atoms with E-state index in [9.17, 15) is 0 Å². The second-order valence-electron chi connectivity index (χ2n) is 5.37. The topological polar surface area (TPSA) is 21.3 Å². The maximum Gasteiger partial charge on any atom is 0.119 e. The normalized spacial score (nSPS) is 32.2. The molecule has 3 rings (SSSR count). The maximum absolute atomic E-state index is 5.30. The van der Waals surface area contributed by atoms with Crippen molar-refractivity contribution in [3.05, 3.63) is 29.8 Å². The fourth-order valence-corrected chi connectivity index (χ4v) is 3.45. The molecule has 2 fully saturated rings. The van der Waals surface area contributed by atoms with Gasteiger partial charge in [0.15, 0.2) is 0 Å². The first-order valence-corrected chi connectivity index (χ1v) is 6.77. The third kappa shape index (κ3) is 2.19. The van der Waals surface area contributed by atoms with Crippen LogP contribution in [-0.4, -0.2) is 13.2 Å². The quantitative estimate of drug-likeness (QED) is 0.843. The molecule has 1 aromatic carbocycles. The molecule has 0 bridgehead atoms. The molecule has 2 nitrogen and oxygen atoms in total. The monoisotopic (exact) mass is 231 g/mol. The molecule has 0 amide bonds. The number of piperidine rings is 1. The summed E-state index contributed by atoms with van der Waals surface area (Å²) in [5, 5.41) is 3.83. The molecule has 1 aliphatic carbocycles. The van der Waals surface area contributed by atoms with Gasteiger partial charge < -0.3 is 10.1 Å². The van der Waals surface area contributed by atoms with Crippen molar-refractivity contribution >= 4 is 0 Å². The zero-order chi connectivity index (χ0) is 11.7. The van der Waals surface area contributed by atoms with Crippen LogP contribution in [0, 0.1) is 5.92 Å². The Bertz CT molecular complexity index is 390. The highest BCUT2D eigenvalue weighted by Crippen LogP contribution is 2.38. The van der Waals surface area contributed by atoms with Gasteiger partial charge in [0.2, 0.25) is 0 Å². The van der Waals surface area contributed by atoms with E-state index in [2.05, 4.69) is 23.5 Å². The second-order valence-corrected chi connectivity index (χ2v) is 5.37. The summed E-state index contributed by atoms with van der Waals surface area (Å²) >= 11 is 0. The number of benzene rings is 1. The Hall–Kier alpha value is -1.02. The van der Waals surface area contributed by atoms with Crippen molar-refractivity contribution in [3.63, 3.8) is 0 Å². The molecule has 0 radical (unpaired) electrons. The third-order valence-corrected chi connectivity index (χ3v) is 4.40. The molecule has 0 spiro atoms. The number of methoxy groups -OCH3 is 1. The zero-order valence-electron chi connectivity index (χ0n) is 10.5. The van der Waals surface area contributed by atoms with Gasteiger partial charge in [0.25, 0.3) is 0 Å². The van der Waals surface area contributed by atoms with E-state index in [1.165, 1.54) is 37.7 Å². The minimum absolute atomic E-state index is 0.532. The standard InChI is InChI=1S/C15H21NO/c1-17-13-6-2-5-12(10-13)15-9-8-11-4-3-7-14(11)16-15/h2,5-6,10-11,14-16H,3-4,7-9H2,1H3. The predicted octanol–water partition coefficient (Wildman–Crippen LogP) is 3.29. The van der Waals surface area contributed by atoms with Crippen LogP contribution in [0.15, 0.2) is 24.3 Å². The van der Waals surface area contributed by atoms with Crippen LogP contribution >= 0.6 is 0 Å². The molecule has 0 aromatic heterocycles. The van der Waals surface area contributed by atoms with Gasteiger partial charge in [-0.15, -0.1) is 0 Å². The summed E-state index contributed by atoms with van der Waals surface area (Å²) in [4.78, 5) is 0. The molecular formula is C15H21NO. The van der Waals surface area contributed by atoms with Crippen LogP contribution in [0.25, 0.3) is 0 Å². The highest BCUT2D eigenvalue weighted by atomic mass is 16.5. The van der Waals surface area contributed by atoms with Gasteiger partial charge in [-0.1, -0.05) is 18.6 Å². The lowest BCUT2D eigenvalue weighted by molar-refractivity contribution is 0.260. The Labute approximate surface area is 103 Å². The molecule has 1 saturated heterocycles. The van der Waals surface area contributed by atoms with E-state index in [-0.39, 0.29) is 0 Å². The first kappa shape index (κ1) is 11.1. The minimum Gasteiger partial charge on any atom is -0.497 e. The summed E-state index contributed by atoms with van der Waals surface area (Å²) < 4.78 is 5.30. The molecular weight excluding hydrogens is 210 g/mol. The first-order chi connectivity index (χ1) is 8.36. The highest BCUT2D eigenvalue weighted by Gasteiger charge is 2.33. The van der Waals surface area contributed by atoms with Crippen LogP contribution in [0.4, 0.5) is 0 Å². The summed E-state index contributed by atoms with van der Waals surface area (Å²) in [6, 6.07) is 9.80. The van der Waals surface area contributed by atoms with Gasteiger partial charge in [0.1, 0.15) is 5.75 Å². The molecule has 1 aromatic rings. The summed E-state index contributed by atoms with van der Waals surface area (Å²) in [5.74, 6) is 1.91.